The van der Waals surface area contributed by atoms with Crippen molar-refractivity contribution < 1.29 is 9.18 Å². The van der Waals surface area contributed by atoms with Crippen molar-refractivity contribution in [1.82, 2.24) is 10.3 Å². The number of benzene rings is 1. The number of hydrogen-bond acceptors (Lipinski definition) is 4. The van der Waals surface area contributed by atoms with Crippen LogP contribution in [0.15, 0.2) is 24.3 Å². The van der Waals surface area contributed by atoms with Crippen LogP contribution in [0.25, 0.3) is 0 Å². The molecule has 6 heteroatoms. The van der Waals surface area contributed by atoms with E-state index in [1.54, 1.807) is 12.1 Å². The molecule has 0 radical (unpaired) electrons. The molecule has 1 saturated carbocycles. The van der Waals surface area contributed by atoms with E-state index in [2.05, 4.69) is 15.6 Å². The molecule has 4 nitrogen and oxygen atoms in total. The third-order valence-electron chi connectivity index (χ3n) is 3.85. The molecule has 1 aromatic carbocycles. The van der Waals surface area contributed by atoms with Crippen molar-refractivity contribution in [2.45, 2.75) is 31.6 Å². The third-order valence-corrected chi connectivity index (χ3v) is 4.84. The Morgan fingerprint density at radius 3 is 2.87 bits per heavy atom. The minimum atomic E-state index is -0.192. The first-order valence-electron chi connectivity index (χ1n) is 7.85. The largest absolute Gasteiger partial charge is 0.319 e. The first-order chi connectivity index (χ1) is 11.2. The number of thiazole rings is 1. The van der Waals surface area contributed by atoms with E-state index in [-0.39, 0.29) is 11.7 Å². The number of hydrogen-bond donors (Lipinski definition) is 2. The van der Waals surface area contributed by atoms with Crippen molar-refractivity contribution in [1.29, 1.82) is 0 Å². The van der Waals surface area contributed by atoms with Crippen LogP contribution in [0, 0.1) is 5.82 Å². The summed E-state index contributed by atoms with van der Waals surface area (Å²) in [5.41, 5.74) is 1.70. The van der Waals surface area contributed by atoms with Gasteiger partial charge in [0, 0.05) is 30.2 Å². The van der Waals surface area contributed by atoms with Gasteiger partial charge in [-0.3, -0.25) is 4.79 Å². The SMILES string of the molecule is CNCCC(=O)Nc1nc(C2CC2)c(Cc2ccccc2F)s1. The average Bonchev–Trinajstić information content (AvgIpc) is 3.30. The van der Waals surface area contributed by atoms with Crippen LogP contribution < -0.4 is 10.6 Å². The molecule has 0 unspecified atom stereocenters. The van der Waals surface area contributed by atoms with Gasteiger partial charge in [-0.25, -0.2) is 9.37 Å². The van der Waals surface area contributed by atoms with E-state index in [4.69, 9.17) is 0 Å². The molecule has 1 heterocycles. The van der Waals surface area contributed by atoms with Crippen molar-refractivity contribution in [3.8, 4) is 0 Å². The first-order valence-corrected chi connectivity index (χ1v) is 8.66. The van der Waals surface area contributed by atoms with Gasteiger partial charge < -0.3 is 10.6 Å². The van der Waals surface area contributed by atoms with Crippen LogP contribution >= 0.6 is 11.3 Å². The summed E-state index contributed by atoms with van der Waals surface area (Å²) in [6.07, 6.45) is 3.20. The van der Waals surface area contributed by atoms with E-state index in [1.807, 2.05) is 13.1 Å². The van der Waals surface area contributed by atoms with Crippen LogP contribution in [0.4, 0.5) is 9.52 Å². The molecule has 0 aliphatic heterocycles. The molecule has 2 N–H and O–H groups in total. The Morgan fingerprint density at radius 1 is 1.39 bits per heavy atom. The van der Waals surface area contributed by atoms with Gasteiger partial charge in [0.15, 0.2) is 5.13 Å². The lowest BCUT2D eigenvalue weighted by molar-refractivity contribution is -0.116. The Bertz CT molecular complexity index is 697. The summed E-state index contributed by atoms with van der Waals surface area (Å²) >= 11 is 1.46. The molecule has 1 aliphatic carbocycles. The van der Waals surface area contributed by atoms with Crippen LogP contribution in [0.3, 0.4) is 0 Å². The molecular formula is C17H20FN3OS. The fraction of sp³-hybridized carbons (Fsp3) is 0.412. The monoisotopic (exact) mass is 333 g/mol. The second kappa shape index (κ2) is 7.19. The lowest BCUT2D eigenvalue weighted by Crippen LogP contribution is -2.18. The van der Waals surface area contributed by atoms with Crippen molar-refractivity contribution in [2.24, 2.45) is 0 Å². The maximum absolute atomic E-state index is 13.9. The molecule has 0 spiro atoms. The molecule has 0 saturated heterocycles. The standard InChI is InChI=1S/C17H20FN3OS/c1-19-9-8-15(22)20-17-21-16(11-6-7-11)14(23-17)10-12-4-2-3-5-13(12)18/h2-5,11,19H,6-10H2,1H3,(H,20,21,22). The summed E-state index contributed by atoms with van der Waals surface area (Å²) in [4.78, 5) is 17.5. The zero-order valence-electron chi connectivity index (χ0n) is 13.1. The van der Waals surface area contributed by atoms with Gasteiger partial charge in [-0.2, -0.15) is 0 Å². The summed E-state index contributed by atoms with van der Waals surface area (Å²) in [5, 5.41) is 6.43. The van der Waals surface area contributed by atoms with Gasteiger partial charge in [-0.05, 0) is 31.5 Å². The fourth-order valence-corrected chi connectivity index (χ4v) is 3.54. The predicted molar refractivity (Wildman–Crippen MR) is 90.5 cm³/mol. The number of nitrogens with zero attached hydrogens (tertiary/aromatic N) is 1. The van der Waals surface area contributed by atoms with Gasteiger partial charge in [-0.15, -0.1) is 11.3 Å². The number of amides is 1. The maximum Gasteiger partial charge on any atom is 0.227 e. The van der Waals surface area contributed by atoms with Crippen LogP contribution in [-0.2, 0) is 11.2 Å². The number of halogens is 1. The van der Waals surface area contributed by atoms with Gasteiger partial charge in [0.25, 0.3) is 0 Å². The zero-order chi connectivity index (χ0) is 16.2. The van der Waals surface area contributed by atoms with Gasteiger partial charge in [-0.1, -0.05) is 18.2 Å². The summed E-state index contributed by atoms with van der Waals surface area (Å²) in [6.45, 7) is 0.634. The summed E-state index contributed by atoms with van der Waals surface area (Å²) < 4.78 is 13.9. The van der Waals surface area contributed by atoms with Crippen LogP contribution in [0.1, 0.15) is 41.3 Å². The van der Waals surface area contributed by atoms with Crippen LogP contribution in [0.2, 0.25) is 0 Å². The van der Waals surface area contributed by atoms with E-state index in [0.717, 1.165) is 23.4 Å². The normalized spacial score (nSPS) is 14.0. The Hall–Kier alpha value is -1.79. The number of carbonyl (C=O) groups is 1. The van der Waals surface area contributed by atoms with E-state index in [0.29, 0.717) is 36.0 Å². The highest BCUT2D eigenvalue weighted by molar-refractivity contribution is 7.15. The first kappa shape index (κ1) is 16.1. The van der Waals surface area contributed by atoms with E-state index in [9.17, 15) is 9.18 Å². The van der Waals surface area contributed by atoms with Gasteiger partial charge in [0.1, 0.15) is 5.82 Å². The number of carbonyl (C=O) groups excluding carboxylic acids is 1. The van der Waals surface area contributed by atoms with Gasteiger partial charge in [0.2, 0.25) is 5.91 Å². The molecule has 0 bridgehead atoms. The quantitative estimate of drug-likeness (QED) is 0.817. The van der Waals surface area contributed by atoms with E-state index < -0.39 is 0 Å². The highest BCUT2D eigenvalue weighted by Crippen LogP contribution is 2.44. The lowest BCUT2D eigenvalue weighted by Gasteiger charge is -2.02. The molecule has 1 amide bonds. The molecule has 1 aromatic heterocycles. The van der Waals surface area contributed by atoms with Gasteiger partial charge >= 0.3 is 0 Å². The Balaban J connectivity index is 1.77. The summed E-state index contributed by atoms with van der Waals surface area (Å²) in [6, 6.07) is 6.82. The molecule has 122 valence electrons. The van der Waals surface area contributed by atoms with Crippen molar-refractivity contribution >= 4 is 22.4 Å². The molecule has 3 rings (SSSR count). The Kier molecular flexibility index (Phi) is 5.03. The Labute approximate surface area is 139 Å². The molecule has 23 heavy (non-hydrogen) atoms. The van der Waals surface area contributed by atoms with Crippen molar-refractivity contribution in [3.05, 3.63) is 46.2 Å². The second-order valence-corrected chi connectivity index (χ2v) is 6.86. The summed E-state index contributed by atoms with van der Waals surface area (Å²) in [5.74, 6) is 0.228. The molecule has 2 aromatic rings. The second-order valence-electron chi connectivity index (χ2n) is 5.77. The topological polar surface area (TPSA) is 54.0 Å². The number of aromatic nitrogens is 1. The summed E-state index contributed by atoms with van der Waals surface area (Å²) in [7, 11) is 1.81. The number of nitrogens with one attached hydrogen (secondary N) is 2. The number of rotatable bonds is 7. The number of anilines is 1. The average molecular weight is 333 g/mol. The van der Waals surface area contributed by atoms with Gasteiger partial charge in [0.05, 0.1) is 5.69 Å². The van der Waals surface area contributed by atoms with Crippen LogP contribution in [-0.4, -0.2) is 24.5 Å². The molecular weight excluding hydrogens is 313 g/mol. The maximum atomic E-state index is 13.9. The van der Waals surface area contributed by atoms with E-state index in [1.165, 1.54) is 17.4 Å². The molecule has 1 fully saturated rings. The highest BCUT2D eigenvalue weighted by atomic mass is 32.1. The van der Waals surface area contributed by atoms with Crippen molar-refractivity contribution in [3.63, 3.8) is 0 Å². The fourth-order valence-electron chi connectivity index (χ4n) is 2.45. The zero-order valence-corrected chi connectivity index (χ0v) is 13.9. The third kappa shape index (κ3) is 4.14. The lowest BCUT2D eigenvalue weighted by atomic mass is 10.1. The molecule has 1 aliphatic rings. The predicted octanol–water partition coefficient (Wildman–Crippen LogP) is 3.30. The minimum absolute atomic E-state index is 0.0483. The smallest absolute Gasteiger partial charge is 0.227 e. The van der Waals surface area contributed by atoms with Crippen LogP contribution in [0.5, 0.6) is 0 Å². The Morgan fingerprint density at radius 2 is 2.17 bits per heavy atom. The van der Waals surface area contributed by atoms with E-state index >= 15 is 0 Å². The minimum Gasteiger partial charge on any atom is -0.319 e. The molecule has 0 atom stereocenters. The highest BCUT2D eigenvalue weighted by Gasteiger charge is 2.30. The van der Waals surface area contributed by atoms with Crippen molar-refractivity contribution in [2.75, 3.05) is 18.9 Å².